The van der Waals surface area contributed by atoms with Gasteiger partial charge in [-0.15, -0.1) is 0 Å². The maximum absolute atomic E-state index is 11.9. The van der Waals surface area contributed by atoms with Crippen LogP contribution in [-0.2, 0) is 11.3 Å². The van der Waals surface area contributed by atoms with Crippen molar-refractivity contribution in [2.45, 2.75) is 6.54 Å². The Morgan fingerprint density at radius 1 is 1.21 bits per heavy atom. The molecular weight excluding hydrogens is 328 g/mol. The molecule has 6 heteroatoms. The summed E-state index contributed by atoms with van der Waals surface area (Å²) in [4.78, 5) is 22.9. The molecule has 0 fully saturated rings. The summed E-state index contributed by atoms with van der Waals surface area (Å²) in [5.41, 5.74) is 7.22. The molecule has 0 aliphatic rings. The average Bonchev–Trinajstić information content (AvgIpc) is 2.59. The van der Waals surface area contributed by atoms with E-state index in [0.29, 0.717) is 22.9 Å². The second-order valence-corrected chi connectivity index (χ2v) is 5.43. The third-order valence-corrected chi connectivity index (χ3v) is 3.56. The number of hydrogen-bond donors (Lipinski definition) is 2. The Morgan fingerprint density at radius 2 is 1.92 bits per heavy atom. The van der Waals surface area contributed by atoms with Crippen molar-refractivity contribution in [1.29, 1.82) is 0 Å². The highest BCUT2D eigenvalue weighted by Gasteiger charge is 2.05. The van der Waals surface area contributed by atoms with Gasteiger partial charge in [0.05, 0.1) is 7.11 Å². The molecular formula is C18H17ClN2O3. The van der Waals surface area contributed by atoms with Gasteiger partial charge in [0.2, 0.25) is 11.8 Å². The Morgan fingerprint density at radius 3 is 2.54 bits per heavy atom. The van der Waals surface area contributed by atoms with Crippen LogP contribution in [0, 0.1) is 0 Å². The number of methoxy groups -OCH3 is 1. The second-order valence-electron chi connectivity index (χ2n) is 4.99. The first-order valence-electron chi connectivity index (χ1n) is 7.18. The summed E-state index contributed by atoms with van der Waals surface area (Å²) >= 11 is 5.90. The van der Waals surface area contributed by atoms with Gasteiger partial charge in [0.15, 0.2) is 0 Å². The molecule has 0 spiro atoms. The molecule has 2 rings (SSSR count). The fraction of sp³-hybridized carbons (Fsp3) is 0.111. The Labute approximate surface area is 145 Å². The van der Waals surface area contributed by atoms with E-state index in [1.165, 1.54) is 6.08 Å². The fourth-order valence-corrected chi connectivity index (χ4v) is 2.20. The number of carbonyl (C=O) groups excluding carboxylic acids is 2. The number of ether oxygens (including phenoxy) is 1. The lowest BCUT2D eigenvalue weighted by atomic mass is 10.1. The fourth-order valence-electron chi connectivity index (χ4n) is 2.04. The predicted octanol–water partition coefficient (Wildman–Crippen LogP) is 2.78. The van der Waals surface area contributed by atoms with Gasteiger partial charge in [-0.2, -0.15) is 0 Å². The lowest BCUT2D eigenvalue weighted by molar-refractivity contribution is -0.116. The molecule has 24 heavy (non-hydrogen) atoms. The maximum Gasteiger partial charge on any atom is 0.248 e. The van der Waals surface area contributed by atoms with Crippen LogP contribution >= 0.6 is 11.6 Å². The van der Waals surface area contributed by atoms with E-state index in [4.69, 9.17) is 22.1 Å². The lowest BCUT2D eigenvalue weighted by Crippen LogP contribution is -2.20. The summed E-state index contributed by atoms with van der Waals surface area (Å²) in [6.45, 7) is 0.324. The highest BCUT2D eigenvalue weighted by molar-refractivity contribution is 6.30. The van der Waals surface area contributed by atoms with Gasteiger partial charge in [-0.05, 0) is 35.9 Å². The largest absolute Gasteiger partial charge is 0.496 e. The smallest absolute Gasteiger partial charge is 0.248 e. The van der Waals surface area contributed by atoms with Crippen molar-refractivity contribution in [2.75, 3.05) is 7.11 Å². The number of carbonyl (C=O) groups is 2. The van der Waals surface area contributed by atoms with Crippen molar-refractivity contribution in [3.8, 4) is 5.75 Å². The van der Waals surface area contributed by atoms with E-state index in [1.54, 1.807) is 55.7 Å². The number of primary amides is 1. The van der Waals surface area contributed by atoms with Crippen LogP contribution in [0.5, 0.6) is 5.75 Å². The minimum absolute atomic E-state index is 0.244. The van der Waals surface area contributed by atoms with E-state index in [9.17, 15) is 9.59 Å². The summed E-state index contributed by atoms with van der Waals surface area (Å²) < 4.78 is 5.23. The molecule has 0 saturated carbocycles. The number of rotatable bonds is 6. The first-order chi connectivity index (χ1) is 11.5. The number of amides is 2. The second kappa shape index (κ2) is 8.17. The van der Waals surface area contributed by atoms with Gasteiger partial charge in [0.25, 0.3) is 0 Å². The highest BCUT2D eigenvalue weighted by Crippen LogP contribution is 2.22. The zero-order valence-corrected chi connectivity index (χ0v) is 13.8. The first-order valence-corrected chi connectivity index (χ1v) is 7.55. The lowest BCUT2D eigenvalue weighted by Gasteiger charge is -2.09. The molecule has 2 aromatic carbocycles. The normalized spacial score (nSPS) is 10.6. The first kappa shape index (κ1) is 17.6. The van der Waals surface area contributed by atoms with Crippen LogP contribution in [0.2, 0.25) is 5.02 Å². The van der Waals surface area contributed by atoms with Crippen LogP contribution in [0.25, 0.3) is 6.08 Å². The van der Waals surface area contributed by atoms with E-state index < -0.39 is 5.91 Å². The summed E-state index contributed by atoms with van der Waals surface area (Å²) in [5.74, 6) is -0.111. The van der Waals surface area contributed by atoms with Crippen LogP contribution in [-0.4, -0.2) is 18.9 Å². The Bertz CT molecular complexity index is 770. The van der Waals surface area contributed by atoms with E-state index in [0.717, 1.165) is 11.1 Å². The topological polar surface area (TPSA) is 81.4 Å². The third kappa shape index (κ3) is 4.86. The van der Waals surface area contributed by atoms with Crippen LogP contribution in [0.3, 0.4) is 0 Å². The summed E-state index contributed by atoms with van der Waals surface area (Å²) in [6.07, 6.45) is 3.07. The van der Waals surface area contributed by atoms with Gasteiger partial charge in [0, 0.05) is 28.8 Å². The highest BCUT2D eigenvalue weighted by atomic mass is 35.5. The number of benzene rings is 2. The average molecular weight is 345 g/mol. The van der Waals surface area contributed by atoms with Gasteiger partial charge in [-0.3, -0.25) is 9.59 Å². The number of halogens is 1. The number of nitrogens with two attached hydrogens (primary N) is 1. The van der Waals surface area contributed by atoms with Crippen molar-refractivity contribution >= 4 is 29.5 Å². The van der Waals surface area contributed by atoms with Gasteiger partial charge in [-0.1, -0.05) is 29.8 Å². The minimum atomic E-state index is -0.486. The van der Waals surface area contributed by atoms with Crippen LogP contribution < -0.4 is 15.8 Å². The minimum Gasteiger partial charge on any atom is -0.496 e. The molecule has 0 atom stereocenters. The van der Waals surface area contributed by atoms with Crippen molar-refractivity contribution in [3.63, 3.8) is 0 Å². The predicted molar refractivity (Wildman–Crippen MR) is 93.8 cm³/mol. The number of hydrogen-bond acceptors (Lipinski definition) is 3. The van der Waals surface area contributed by atoms with Crippen molar-refractivity contribution in [3.05, 3.63) is 70.3 Å². The maximum atomic E-state index is 11.9. The zero-order valence-electron chi connectivity index (χ0n) is 13.1. The molecule has 0 unspecified atom stereocenters. The molecule has 2 amide bonds. The molecule has 0 heterocycles. The van der Waals surface area contributed by atoms with Gasteiger partial charge in [0.1, 0.15) is 5.75 Å². The van der Waals surface area contributed by atoms with Crippen LogP contribution in [0.15, 0.2) is 48.5 Å². The number of nitrogens with one attached hydrogen (secondary N) is 1. The zero-order chi connectivity index (χ0) is 17.5. The molecule has 0 bridgehead atoms. The molecule has 3 N–H and O–H groups in total. The molecule has 0 aliphatic carbocycles. The standard InChI is InChI=1S/C18H17ClN2O3/c1-24-16-10-15(19)8-7-14(16)11-21-17(22)9-4-12-2-5-13(6-3-12)18(20)23/h2-10H,11H2,1H3,(H2,20,23)(H,21,22)/b9-4+. The monoisotopic (exact) mass is 344 g/mol. The van der Waals surface area contributed by atoms with Gasteiger partial charge < -0.3 is 15.8 Å². The quantitative estimate of drug-likeness (QED) is 0.790. The molecule has 2 aromatic rings. The summed E-state index contributed by atoms with van der Waals surface area (Å²) in [6, 6.07) is 11.9. The molecule has 0 aliphatic heterocycles. The Kier molecular flexibility index (Phi) is 5.98. The third-order valence-electron chi connectivity index (χ3n) is 3.32. The molecule has 0 aromatic heterocycles. The molecule has 0 radical (unpaired) electrons. The molecule has 124 valence electrons. The molecule has 0 saturated heterocycles. The van der Waals surface area contributed by atoms with Crippen LogP contribution in [0.4, 0.5) is 0 Å². The van der Waals surface area contributed by atoms with Crippen molar-refractivity contribution in [1.82, 2.24) is 5.32 Å². The van der Waals surface area contributed by atoms with E-state index in [-0.39, 0.29) is 5.91 Å². The van der Waals surface area contributed by atoms with E-state index in [1.807, 2.05) is 0 Å². The van der Waals surface area contributed by atoms with Gasteiger partial charge in [-0.25, -0.2) is 0 Å². The Hall–Kier alpha value is -2.79. The van der Waals surface area contributed by atoms with E-state index in [2.05, 4.69) is 5.32 Å². The van der Waals surface area contributed by atoms with Gasteiger partial charge >= 0.3 is 0 Å². The van der Waals surface area contributed by atoms with E-state index >= 15 is 0 Å². The Balaban J connectivity index is 1.94. The summed E-state index contributed by atoms with van der Waals surface area (Å²) in [5, 5.41) is 3.34. The van der Waals surface area contributed by atoms with Crippen molar-refractivity contribution in [2.24, 2.45) is 5.73 Å². The summed E-state index contributed by atoms with van der Waals surface area (Å²) in [7, 11) is 1.55. The molecule has 5 nitrogen and oxygen atoms in total. The SMILES string of the molecule is COc1cc(Cl)ccc1CNC(=O)/C=C/c1ccc(C(N)=O)cc1. The van der Waals surface area contributed by atoms with Crippen LogP contribution in [0.1, 0.15) is 21.5 Å². The van der Waals surface area contributed by atoms with Crippen molar-refractivity contribution < 1.29 is 14.3 Å².